The van der Waals surface area contributed by atoms with Crippen LogP contribution < -0.4 is 5.76 Å². The number of rotatable bonds is 4. The van der Waals surface area contributed by atoms with Crippen molar-refractivity contribution in [2.24, 2.45) is 0 Å². The van der Waals surface area contributed by atoms with E-state index >= 15 is 0 Å². The molecule has 17 heavy (non-hydrogen) atoms. The van der Waals surface area contributed by atoms with Crippen LogP contribution in [0.3, 0.4) is 0 Å². The van der Waals surface area contributed by atoms with Crippen LogP contribution in [0.15, 0.2) is 39.6 Å². The number of aromatic nitrogens is 2. The maximum absolute atomic E-state index is 11.1. The average molecular weight is 232 g/mol. The monoisotopic (exact) mass is 232 g/mol. The molecule has 4 heteroatoms. The molecule has 0 spiro atoms. The van der Waals surface area contributed by atoms with Crippen LogP contribution in [0.25, 0.3) is 0 Å². The van der Waals surface area contributed by atoms with Crippen LogP contribution >= 0.6 is 0 Å². The second-order valence-corrected chi connectivity index (χ2v) is 4.10. The van der Waals surface area contributed by atoms with Crippen molar-refractivity contribution in [2.75, 3.05) is 0 Å². The predicted molar refractivity (Wildman–Crippen MR) is 64.9 cm³/mol. The highest BCUT2D eigenvalue weighted by atomic mass is 16.5. The zero-order valence-electron chi connectivity index (χ0n) is 10.1. The molecule has 0 saturated heterocycles. The fourth-order valence-electron chi connectivity index (χ4n) is 2.32. The molecule has 2 aromatic rings. The summed E-state index contributed by atoms with van der Waals surface area (Å²) in [7, 11) is 0. The Morgan fingerprint density at radius 2 is 1.88 bits per heavy atom. The molecule has 2 rings (SSSR count). The number of benzene rings is 1. The summed E-state index contributed by atoms with van der Waals surface area (Å²) in [5.74, 6) is 0.112. The van der Waals surface area contributed by atoms with Gasteiger partial charge in [-0.1, -0.05) is 49.3 Å². The van der Waals surface area contributed by atoms with E-state index in [1.165, 1.54) is 0 Å². The first kappa shape index (κ1) is 11.6. The molecule has 0 radical (unpaired) electrons. The number of nitrogens with zero attached hydrogens (tertiary/aromatic N) is 1. The molecule has 1 heterocycles. The molecule has 90 valence electrons. The Hall–Kier alpha value is -1.84. The van der Waals surface area contributed by atoms with Crippen molar-refractivity contribution >= 4 is 0 Å². The van der Waals surface area contributed by atoms with Crippen molar-refractivity contribution < 1.29 is 4.52 Å². The number of H-pyrrole nitrogens is 1. The van der Waals surface area contributed by atoms with Crippen molar-refractivity contribution in [2.45, 2.75) is 32.1 Å². The number of hydrogen-bond acceptors (Lipinski definition) is 3. The molecule has 0 bridgehead atoms. The highest BCUT2D eigenvalue weighted by Gasteiger charge is 2.34. The topological polar surface area (TPSA) is 58.9 Å². The normalized spacial score (nSPS) is 11.6. The third-order valence-electron chi connectivity index (χ3n) is 3.43. The van der Waals surface area contributed by atoms with Gasteiger partial charge < -0.3 is 0 Å². The predicted octanol–water partition coefficient (Wildman–Crippen LogP) is 2.47. The molecule has 4 nitrogen and oxygen atoms in total. The van der Waals surface area contributed by atoms with Gasteiger partial charge in [0.2, 0.25) is 0 Å². The first-order chi connectivity index (χ1) is 8.23. The molecule has 1 aromatic carbocycles. The van der Waals surface area contributed by atoms with Crippen LogP contribution in [0.5, 0.6) is 0 Å². The van der Waals surface area contributed by atoms with Crippen LogP contribution in [0.1, 0.15) is 38.1 Å². The number of hydrogen-bond donors (Lipinski definition) is 1. The molecule has 0 saturated carbocycles. The number of nitrogens with one attached hydrogen (secondary N) is 1. The highest BCUT2D eigenvalue weighted by Crippen LogP contribution is 2.35. The maximum atomic E-state index is 11.1. The first-order valence-corrected chi connectivity index (χ1v) is 5.85. The maximum Gasteiger partial charge on any atom is 0.438 e. The Balaban J connectivity index is 2.57. The summed E-state index contributed by atoms with van der Waals surface area (Å²) in [5.41, 5.74) is 0.877. The molecule has 1 aromatic heterocycles. The minimum atomic E-state index is -0.498. The lowest BCUT2D eigenvalue weighted by atomic mass is 9.75. The standard InChI is InChI=1S/C13H16N2O2/c1-3-13(4-2,10-8-6-5-7-9-10)11-14-12(16)17-15-11/h5-9H,3-4H2,1-2H3,(H,14,15,16). The zero-order chi connectivity index (χ0) is 12.3. The van der Waals surface area contributed by atoms with E-state index in [2.05, 4.69) is 40.6 Å². The molecule has 0 unspecified atom stereocenters. The molecule has 0 aliphatic rings. The van der Waals surface area contributed by atoms with Gasteiger partial charge in [0, 0.05) is 0 Å². The second-order valence-electron chi connectivity index (χ2n) is 4.10. The molecular formula is C13H16N2O2. The van der Waals surface area contributed by atoms with E-state index in [4.69, 9.17) is 0 Å². The smallest absolute Gasteiger partial charge is 0.296 e. The zero-order valence-corrected chi connectivity index (χ0v) is 10.1. The summed E-state index contributed by atoms with van der Waals surface area (Å²) in [6.45, 7) is 4.17. The lowest BCUT2D eigenvalue weighted by Gasteiger charge is -2.29. The summed E-state index contributed by atoms with van der Waals surface area (Å²) in [6, 6.07) is 10.1. The van der Waals surface area contributed by atoms with Crippen LogP contribution in [0.4, 0.5) is 0 Å². The van der Waals surface area contributed by atoms with Crippen LogP contribution in [-0.4, -0.2) is 10.1 Å². The van der Waals surface area contributed by atoms with Gasteiger partial charge in [0.25, 0.3) is 0 Å². The Kier molecular flexibility index (Phi) is 3.13. The van der Waals surface area contributed by atoms with E-state index in [1.54, 1.807) is 0 Å². The van der Waals surface area contributed by atoms with Gasteiger partial charge in [-0.3, -0.25) is 9.51 Å². The molecule has 0 fully saturated rings. The van der Waals surface area contributed by atoms with E-state index in [0.29, 0.717) is 5.82 Å². The van der Waals surface area contributed by atoms with Crippen molar-refractivity contribution in [3.8, 4) is 0 Å². The fourth-order valence-corrected chi connectivity index (χ4v) is 2.32. The van der Waals surface area contributed by atoms with E-state index in [-0.39, 0.29) is 5.41 Å². The minimum absolute atomic E-state index is 0.270. The molecule has 0 atom stereocenters. The quantitative estimate of drug-likeness (QED) is 0.880. The van der Waals surface area contributed by atoms with Gasteiger partial charge >= 0.3 is 5.76 Å². The summed E-state index contributed by atoms with van der Waals surface area (Å²) in [4.78, 5) is 13.8. The van der Waals surface area contributed by atoms with Crippen LogP contribution in [-0.2, 0) is 5.41 Å². The van der Waals surface area contributed by atoms with Gasteiger partial charge in [-0.2, -0.15) is 0 Å². The van der Waals surface area contributed by atoms with Gasteiger partial charge in [-0.05, 0) is 18.4 Å². The highest BCUT2D eigenvalue weighted by molar-refractivity contribution is 5.31. The summed E-state index contributed by atoms with van der Waals surface area (Å²) < 4.78 is 4.63. The molecule has 1 N–H and O–H groups in total. The number of aromatic amines is 1. The van der Waals surface area contributed by atoms with Gasteiger partial charge in [0.05, 0.1) is 5.41 Å². The molecule has 0 aliphatic carbocycles. The van der Waals surface area contributed by atoms with Gasteiger partial charge in [0.15, 0.2) is 5.82 Å². The van der Waals surface area contributed by atoms with Gasteiger partial charge in [-0.15, -0.1) is 0 Å². The third kappa shape index (κ3) is 1.90. The Morgan fingerprint density at radius 1 is 1.24 bits per heavy atom. The SMILES string of the molecule is CCC(CC)(c1ccccc1)c1noc(=O)[nH]1. The van der Waals surface area contributed by atoms with Crippen molar-refractivity contribution in [3.05, 3.63) is 52.3 Å². The van der Waals surface area contributed by atoms with Crippen molar-refractivity contribution in [1.29, 1.82) is 0 Å². The summed E-state index contributed by atoms with van der Waals surface area (Å²) in [6.07, 6.45) is 1.71. The summed E-state index contributed by atoms with van der Waals surface area (Å²) in [5, 5.41) is 3.86. The van der Waals surface area contributed by atoms with E-state index in [1.807, 2.05) is 18.2 Å². The van der Waals surface area contributed by atoms with E-state index in [0.717, 1.165) is 18.4 Å². The van der Waals surface area contributed by atoms with Gasteiger partial charge in [0.1, 0.15) is 0 Å². The Morgan fingerprint density at radius 3 is 2.35 bits per heavy atom. The Labute approximate surface area is 99.7 Å². The molecule has 0 amide bonds. The van der Waals surface area contributed by atoms with E-state index < -0.39 is 5.76 Å². The Bertz CT molecular complexity index is 524. The largest absolute Gasteiger partial charge is 0.438 e. The lowest BCUT2D eigenvalue weighted by molar-refractivity contribution is 0.358. The first-order valence-electron chi connectivity index (χ1n) is 5.85. The fraction of sp³-hybridized carbons (Fsp3) is 0.385. The van der Waals surface area contributed by atoms with Crippen molar-refractivity contribution in [3.63, 3.8) is 0 Å². The second kappa shape index (κ2) is 4.57. The van der Waals surface area contributed by atoms with Gasteiger partial charge in [-0.25, -0.2) is 4.79 Å². The van der Waals surface area contributed by atoms with E-state index in [9.17, 15) is 4.79 Å². The third-order valence-corrected chi connectivity index (χ3v) is 3.43. The average Bonchev–Trinajstić information content (AvgIpc) is 2.80. The lowest BCUT2D eigenvalue weighted by Crippen LogP contribution is -2.28. The molecular weight excluding hydrogens is 216 g/mol. The van der Waals surface area contributed by atoms with Crippen LogP contribution in [0, 0.1) is 0 Å². The van der Waals surface area contributed by atoms with Crippen LogP contribution in [0.2, 0.25) is 0 Å². The van der Waals surface area contributed by atoms with Crippen molar-refractivity contribution in [1.82, 2.24) is 10.1 Å². The molecule has 0 aliphatic heterocycles. The minimum Gasteiger partial charge on any atom is -0.296 e. The summed E-state index contributed by atoms with van der Waals surface area (Å²) >= 11 is 0.